The lowest BCUT2D eigenvalue weighted by molar-refractivity contribution is 0.0996. The number of hydrogen-bond acceptors (Lipinski definition) is 5. The molecule has 142 valence electrons. The van der Waals surface area contributed by atoms with E-state index >= 15 is 0 Å². The summed E-state index contributed by atoms with van der Waals surface area (Å²) in [5.74, 6) is -0.803. The predicted octanol–water partition coefficient (Wildman–Crippen LogP) is 2.74. The summed E-state index contributed by atoms with van der Waals surface area (Å²) in [5.41, 5.74) is 13.5. The van der Waals surface area contributed by atoms with Gasteiger partial charge < -0.3 is 16.0 Å². The number of rotatable bonds is 5. The van der Waals surface area contributed by atoms with Crippen molar-refractivity contribution >= 4 is 23.9 Å². The van der Waals surface area contributed by atoms with Gasteiger partial charge in [-0.25, -0.2) is 9.97 Å². The van der Waals surface area contributed by atoms with E-state index in [0.717, 1.165) is 5.56 Å². The molecule has 0 atom stereocenters. The lowest BCUT2D eigenvalue weighted by Gasteiger charge is -2.13. The monoisotopic (exact) mass is 375 g/mol. The maximum atomic E-state index is 12.1. The van der Waals surface area contributed by atoms with Crippen molar-refractivity contribution in [3.05, 3.63) is 76.0 Å². The van der Waals surface area contributed by atoms with E-state index in [1.54, 1.807) is 22.9 Å². The number of pyridine rings is 1. The topological polar surface area (TPSA) is 117 Å². The van der Waals surface area contributed by atoms with Crippen molar-refractivity contribution in [1.29, 1.82) is 0 Å². The Morgan fingerprint density at radius 1 is 1.07 bits per heavy atom. The molecule has 0 saturated carbocycles. The lowest BCUT2D eigenvalue weighted by atomic mass is 10.1. The van der Waals surface area contributed by atoms with Gasteiger partial charge in [-0.3, -0.25) is 9.59 Å². The number of nitrogens with zero attached hydrogens (tertiary/aromatic N) is 3. The van der Waals surface area contributed by atoms with Crippen LogP contribution in [0.1, 0.15) is 41.6 Å². The van der Waals surface area contributed by atoms with Gasteiger partial charge in [-0.2, -0.15) is 0 Å². The van der Waals surface area contributed by atoms with E-state index < -0.39 is 5.91 Å². The Labute approximate surface area is 162 Å². The van der Waals surface area contributed by atoms with Crippen molar-refractivity contribution in [2.75, 3.05) is 5.73 Å². The molecule has 0 bridgehead atoms. The van der Waals surface area contributed by atoms with Crippen molar-refractivity contribution in [3.8, 4) is 11.3 Å². The van der Waals surface area contributed by atoms with Gasteiger partial charge in [0.25, 0.3) is 11.5 Å². The molecule has 4 N–H and O–H groups in total. The molecular weight excluding hydrogens is 354 g/mol. The second-order valence-electron chi connectivity index (χ2n) is 6.56. The van der Waals surface area contributed by atoms with Crippen LogP contribution in [0.3, 0.4) is 0 Å². The Morgan fingerprint density at radius 2 is 1.79 bits per heavy atom. The number of aromatic nitrogens is 3. The van der Waals surface area contributed by atoms with Crippen LogP contribution in [-0.4, -0.2) is 20.4 Å². The van der Waals surface area contributed by atoms with Crippen molar-refractivity contribution in [1.82, 2.24) is 14.5 Å². The molecule has 3 aromatic rings. The Morgan fingerprint density at radius 3 is 2.43 bits per heavy atom. The van der Waals surface area contributed by atoms with Crippen LogP contribution in [0.5, 0.6) is 0 Å². The summed E-state index contributed by atoms with van der Waals surface area (Å²) in [6.45, 7) is 3.82. The van der Waals surface area contributed by atoms with Gasteiger partial charge in [0.2, 0.25) is 0 Å². The molecule has 28 heavy (non-hydrogen) atoms. The van der Waals surface area contributed by atoms with Crippen LogP contribution >= 0.6 is 0 Å². The molecule has 1 aromatic carbocycles. The first-order valence-electron chi connectivity index (χ1n) is 8.80. The number of nitrogen functional groups attached to an aromatic ring is 1. The molecule has 0 aliphatic carbocycles. The van der Waals surface area contributed by atoms with Crippen LogP contribution < -0.4 is 17.0 Å². The summed E-state index contributed by atoms with van der Waals surface area (Å²) in [6.07, 6.45) is 5.33. The molecule has 7 heteroatoms. The molecule has 0 aliphatic rings. The largest absolute Gasteiger partial charge is 0.382 e. The number of benzene rings is 1. The number of anilines is 1. The second kappa shape index (κ2) is 7.87. The van der Waals surface area contributed by atoms with Crippen molar-refractivity contribution in [3.63, 3.8) is 0 Å². The minimum Gasteiger partial charge on any atom is -0.382 e. The highest BCUT2D eigenvalue weighted by Crippen LogP contribution is 2.24. The fourth-order valence-electron chi connectivity index (χ4n) is 2.76. The quantitative estimate of drug-likeness (QED) is 0.711. The van der Waals surface area contributed by atoms with Gasteiger partial charge in [-0.15, -0.1) is 0 Å². The van der Waals surface area contributed by atoms with Gasteiger partial charge in [0.05, 0.1) is 11.4 Å². The number of carbonyl (C=O) groups excluding carboxylic acids is 1. The average Bonchev–Trinajstić information content (AvgIpc) is 2.67. The fourth-order valence-corrected chi connectivity index (χ4v) is 2.76. The number of amides is 1. The smallest absolute Gasteiger partial charge is 0.271 e. The van der Waals surface area contributed by atoms with E-state index in [-0.39, 0.29) is 23.1 Å². The molecule has 3 rings (SSSR count). The second-order valence-corrected chi connectivity index (χ2v) is 6.56. The average molecular weight is 375 g/mol. The third kappa shape index (κ3) is 3.98. The maximum Gasteiger partial charge on any atom is 0.271 e. The Kier molecular flexibility index (Phi) is 5.35. The molecule has 0 radical (unpaired) electrons. The molecular formula is C21H21N5O2. The third-order valence-electron chi connectivity index (χ3n) is 4.18. The highest BCUT2D eigenvalue weighted by atomic mass is 16.1. The van der Waals surface area contributed by atoms with Gasteiger partial charge in [0.15, 0.2) is 11.5 Å². The first-order valence-corrected chi connectivity index (χ1v) is 8.80. The first kappa shape index (κ1) is 19.0. The molecule has 0 saturated heterocycles. The van der Waals surface area contributed by atoms with Gasteiger partial charge in [-0.1, -0.05) is 36.4 Å². The Balaban J connectivity index is 2.19. The van der Waals surface area contributed by atoms with Crippen LogP contribution in [0.25, 0.3) is 23.4 Å². The van der Waals surface area contributed by atoms with Gasteiger partial charge in [0, 0.05) is 23.9 Å². The summed E-state index contributed by atoms with van der Waals surface area (Å²) >= 11 is 0. The van der Waals surface area contributed by atoms with Crippen LogP contribution in [0.2, 0.25) is 0 Å². The van der Waals surface area contributed by atoms with Crippen molar-refractivity contribution < 1.29 is 4.79 Å². The van der Waals surface area contributed by atoms with Crippen LogP contribution in [0.4, 0.5) is 5.82 Å². The number of primary amides is 1. The highest BCUT2D eigenvalue weighted by molar-refractivity contribution is 5.96. The molecule has 2 aromatic heterocycles. The van der Waals surface area contributed by atoms with E-state index in [1.165, 1.54) is 6.07 Å². The molecule has 2 heterocycles. The van der Waals surface area contributed by atoms with Crippen LogP contribution in [-0.2, 0) is 0 Å². The molecule has 7 nitrogen and oxygen atoms in total. The van der Waals surface area contributed by atoms with E-state index in [4.69, 9.17) is 11.5 Å². The predicted molar refractivity (Wildman–Crippen MR) is 110 cm³/mol. The summed E-state index contributed by atoms with van der Waals surface area (Å²) in [5, 5.41) is 0. The number of nitrogens with two attached hydrogens (primary N) is 2. The van der Waals surface area contributed by atoms with Gasteiger partial charge in [0.1, 0.15) is 0 Å². The van der Waals surface area contributed by atoms with Crippen LogP contribution in [0, 0.1) is 0 Å². The number of hydrogen-bond donors (Lipinski definition) is 2. The van der Waals surface area contributed by atoms with Crippen LogP contribution in [0.15, 0.2) is 53.5 Å². The van der Waals surface area contributed by atoms with E-state index in [0.29, 0.717) is 17.0 Å². The Bertz CT molecular complexity index is 1100. The fraction of sp³-hybridized carbons (Fsp3) is 0.143. The minimum atomic E-state index is -0.762. The molecule has 0 aliphatic heterocycles. The van der Waals surface area contributed by atoms with Gasteiger partial charge >= 0.3 is 0 Å². The third-order valence-corrected chi connectivity index (χ3v) is 4.18. The van der Waals surface area contributed by atoms with E-state index in [9.17, 15) is 9.59 Å². The molecule has 0 fully saturated rings. The SMILES string of the molecule is CC(C)n1cc(-c2nc(C(N)=O)c(N)nc2C=Cc2ccccc2)ccc1=O. The van der Waals surface area contributed by atoms with Crippen molar-refractivity contribution in [2.45, 2.75) is 19.9 Å². The molecule has 0 spiro atoms. The lowest BCUT2D eigenvalue weighted by Crippen LogP contribution is -2.21. The van der Waals surface area contributed by atoms with Crippen molar-refractivity contribution in [2.24, 2.45) is 5.73 Å². The standard InChI is InChI=1S/C21H21N5O2/c1-13(2)26-12-15(9-11-17(26)27)18-16(10-8-14-6-4-3-5-7-14)24-20(22)19(25-18)21(23)28/h3-13H,1-2H3,(H2,22,24)(H2,23,28). The first-order chi connectivity index (χ1) is 13.4. The molecule has 1 amide bonds. The summed E-state index contributed by atoms with van der Waals surface area (Å²) in [7, 11) is 0. The number of carbonyl (C=O) groups is 1. The zero-order valence-corrected chi connectivity index (χ0v) is 15.7. The highest BCUT2D eigenvalue weighted by Gasteiger charge is 2.16. The van der Waals surface area contributed by atoms with E-state index in [2.05, 4.69) is 9.97 Å². The minimum absolute atomic E-state index is 0.0342. The summed E-state index contributed by atoms with van der Waals surface area (Å²) in [6, 6.07) is 12.7. The zero-order valence-electron chi connectivity index (χ0n) is 15.7. The summed E-state index contributed by atoms with van der Waals surface area (Å²) in [4.78, 5) is 32.5. The Hall–Kier alpha value is -3.74. The maximum absolute atomic E-state index is 12.1. The molecule has 0 unspecified atom stereocenters. The normalized spacial score (nSPS) is 11.2. The summed E-state index contributed by atoms with van der Waals surface area (Å²) < 4.78 is 1.59. The van der Waals surface area contributed by atoms with Gasteiger partial charge in [-0.05, 0) is 31.6 Å². The zero-order chi connectivity index (χ0) is 20.3. The van der Waals surface area contributed by atoms with E-state index in [1.807, 2.05) is 50.3 Å².